The predicted molar refractivity (Wildman–Crippen MR) is 119 cm³/mol. The predicted octanol–water partition coefficient (Wildman–Crippen LogP) is 3.97. The summed E-state index contributed by atoms with van der Waals surface area (Å²) in [5.41, 5.74) is -1.65. The van der Waals surface area contributed by atoms with Crippen molar-refractivity contribution in [2.45, 2.75) is 56.1 Å². The summed E-state index contributed by atoms with van der Waals surface area (Å²) in [4.78, 5) is 27.6. The molecule has 0 bridgehead atoms. The summed E-state index contributed by atoms with van der Waals surface area (Å²) >= 11 is 1.47. The maximum absolute atomic E-state index is 13.1. The van der Waals surface area contributed by atoms with Crippen molar-refractivity contribution in [2.24, 2.45) is 0 Å². The molecule has 2 aromatic rings. The van der Waals surface area contributed by atoms with Gasteiger partial charge in [0.15, 0.2) is 5.60 Å². The number of carbonyl (C=O) groups is 2. The molecule has 0 saturated carbocycles. The zero-order valence-electron chi connectivity index (χ0n) is 18.3. The van der Waals surface area contributed by atoms with Crippen LogP contribution in [0.3, 0.4) is 0 Å². The molecular formula is C23H25F3N2O4S. The third kappa shape index (κ3) is 5.34. The molecule has 6 nitrogen and oxygen atoms in total. The first-order chi connectivity index (χ1) is 15.3. The standard InChI is InChI=1S/C23H25F3N2O4S/c1-13(29)12-33-18-8-9-19-15(10-18)11-28(14(2)30)20(19)21(31)27-17-6-4-16(5-7-17)22(3,32)23(24,25)26/h4-10,13,20,29,32H,11-12H2,1-3H3,(H,27,31). The van der Waals surface area contributed by atoms with Gasteiger partial charge in [-0.15, -0.1) is 11.8 Å². The number of halogens is 3. The number of carbonyl (C=O) groups excluding carboxylic acids is 2. The summed E-state index contributed by atoms with van der Waals surface area (Å²) in [5.74, 6) is -0.277. The van der Waals surface area contributed by atoms with E-state index >= 15 is 0 Å². The SMILES string of the molecule is CC(=O)N1Cc2cc(SCC(C)O)ccc2C1C(=O)Nc1ccc(C(C)(O)C(F)(F)F)cc1. The molecule has 3 N–H and O–H groups in total. The van der Waals surface area contributed by atoms with Gasteiger partial charge in [0.25, 0.3) is 5.91 Å². The number of alkyl halides is 3. The Balaban J connectivity index is 1.81. The van der Waals surface area contributed by atoms with Crippen LogP contribution >= 0.6 is 11.8 Å². The Hall–Kier alpha value is -2.56. The van der Waals surface area contributed by atoms with Crippen LogP contribution in [0.5, 0.6) is 0 Å². The van der Waals surface area contributed by atoms with Crippen LogP contribution in [-0.4, -0.2) is 45.0 Å². The molecule has 0 radical (unpaired) electrons. The van der Waals surface area contributed by atoms with Crippen LogP contribution in [0.25, 0.3) is 0 Å². The lowest BCUT2D eigenvalue weighted by Crippen LogP contribution is -2.39. The molecule has 33 heavy (non-hydrogen) atoms. The Labute approximate surface area is 193 Å². The van der Waals surface area contributed by atoms with Gasteiger partial charge in [-0.3, -0.25) is 9.59 Å². The maximum atomic E-state index is 13.1. The number of aliphatic hydroxyl groups excluding tert-OH is 1. The Bertz CT molecular complexity index is 1040. The minimum atomic E-state index is -4.85. The van der Waals surface area contributed by atoms with Gasteiger partial charge in [0.05, 0.1) is 6.10 Å². The van der Waals surface area contributed by atoms with E-state index in [0.717, 1.165) is 22.6 Å². The minimum absolute atomic E-state index is 0.239. The van der Waals surface area contributed by atoms with Crippen molar-refractivity contribution in [2.75, 3.05) is 11.1 Å². The fourth-order valence-electron chi connectivity index (χ4n) is 3.56. The van der Waals surface area contributed by atoms with E-state index in [2.05, 4.69) is 5.32 Å². The van der Waals surface area contributed by atoms with Crippen LogP contribution < -0.4 is 5.32 Å². The fraction of sp³-hybridized carbons (Fsp3) is 0.391. The molecule has 0 spiro atoms. The fourth-order valence-corrected chi connectivity index (χ4v) is 4.39. The molecule has 0 aliphatic carbocycles. The number of fused-ring (bicyclic) bond motifs is 1. The number of nitrogens with one attached hydrogen (secondary N) is 1. The molecule has 3 unspecified atom stereocenters. The Kier molecular flexibility index (Phi) is 7.11. The van der Waals surface area contributed by atoms with E-state index in [1.165, 1.54) is 35.7 Å². The van der Waals surface area contributed by atoms with Crippen molar-refractivity contribution >= 4 is 29.3 Å². The molecule has 0 fully saturated rings. The first-order valence-corrected chi connectivity index (χ1v) is 11.2. The van der Waals surface area contributed by atoms with E-state index in [1.54, 1.807) is 13.0 Å². The van der Waals surface area contributed by atoms with Crippen molar-refractivity contribution in [3.63, 3.8) is 0 Å². The number of amides is 2. The van der Waals surface area contributed by atoms with Gasteiger partial charge in [0.1, 0.15) is 6.04 Å². The van der Waals surface area contributed by atoms with Crippen molar-refractivity contribution in [3.8, 4) is 0 Å². The third-order valence-corrected chi connectivity index (χ3v) is 6.71. The van der Waals surface area contributed by atoms with Crippen LogP contribution in [0.1, 0.15) is 43.5 Å². The highest BCUT2D eigenvalue weighted by molar-refractivity contribution is 7.99. The van der Waals surface area contributed by atoms with Crippen LogP contribution in [0, 0.1) is 0 Å². The number of hydrogen-bond acceptors (Lipinski definition) is 5. The Morgan fingerprint density at radius 3 is 2.39 bits per heavy atom. The average molecular weight is 483 g/mol. The van der Waals surface area contributed by atoms with Gasteiger partial charge in [-0.05, 0) is 54.8 Å². The number of aliphatic hydroxyl groups is 2. The maximum Gasteiger partial charge on any atom is 0.421 e. The zero-order chi connectivity index (χ0) is 24.6. The Morgan fingerprint density at radius 1 is 1.21 bits per heavy atom. The molecule has 2 amide bonds. The number of rotatable bonds is 6. The molecule has 0 saturated heterocycles. The summed E-state index contributed by atoms with van der Waals surface area (Å²) in [6.07, 6.45) is -5.32. The number of nitrogens with zero attached hydrogens (tertiary/aromatic N) is 1. The molecular weight excluding hydrogens is 457 g/mol. The smallest absolute Gasteiger partial charge is 0.393 e. The van der Waals surface area contributed by atoms with Gasteiger partial charge in [-0.2, -0.15) is 13.2 Å². The van der Waals surface area contributed by atoms with Crippen LogP contribution in [0.2, 0.25) is 0 Å². The number of benzene rings is 2. The van der Waals surface area contributed by atoms with Crippen LogP contribution in [0.15, 0.2) is 47.4 Å². The highest BCUT2D eigenvalue weighted by Gasteiger charge is 2.51. The largest absolute Gasteiger partial charge is 0.421 e. The highest BCUT2D eigenvalue weighted by Crippen LogP contribution is 2.39. The lowest BCUT2D eigenvalue weighted by molar-refractivity contribution is -0.258. The van der Waals surface area contributed by atoms with Crippen molar-refractivity contribution in [3.05, 3.63) is 59.2 Å². The second kappa shape index (κ2) is 9.36. The molecule has 2 aromatic carbocycles. The number of anilines is 1. The monoisotopic (exact) mass is 482 g/mol. The summed E-state index contributed by atoms with van der Waals surface area (Å²) in [5, 5.41) is 21.9. The quantitative estimate of drug-likeness (QED) is 0.542. The van der Waals surface area contributed by atoms with Crippen LogP contribution in [-0.2, 0) is 21.7 Å². The lowest BCUT2D eigenvalue weighted by Gasteiger charge is -2.27. The number of thioether (sulfide) groups is 1. The van der Waals surface area contributed by atoms with E-state index in [4.69, 9.17) is 0 Å². The lowest BCUT2D eigenvalue weighted by atomic mass is 9.95. The van der Waals surface area contributed by atoms with E-state index in [-0.39, 0.29) is 23.7 Å². The molecule has 1 heterocycles. The van der Waals surface area contributed by atoms with Crippen molar-refractivity contribution < 1.29 is 33.0 Å². The third-order valence-electron chi connectivity index (χ3n) is 5.47. The molecule has 3 rings (SSSR count). The van der Waals surface area contributed by atoms with Gasteiger partial charge in [-0.1, -0.05) is 18.2 Å². The van der Waals surface area contributed by atoms with E-state index in [0.29, 0.717) is 18.2 Å². The van der Waals surface area contributed by atoms with Crippen LogP contribution in [0.4, 0.5) is 18.9 Å². The first kappa shape index (κ1) is 25.1. The summed E-state index contributed by atoms with van der Waals surface area (Å²) in [6, 6.07) is 9.35. The topological polar surface area (TPSA) is 89.9 Å². The molecule has 1 aliphatic rings. The summed E-state index contributed by atoms with van der Waals surface area (Å²) < 4.78 is 39.1. The number of hydrogen-bond donors (Lipinski definition) is 3. The molecule has 178 valence electrons. The molecule has 1 aliphatic heterocycles. The Morgan fingerprint density at radius 2 is 1.85 bits per heavy atom. The van der Waals surface area contributed by atoms with Crippen molar-refractivity contribution in [1.82, 2.24) is 4.90 Å². The van der Waals surface area contributed by atoms with Crippen molar-refractivity contribution in [1.29, 1.82) is 0 Å². The molecule has 10 heteroatoms. The van der Waals surface area contributed by atoms with E-state index in [9.17, 15) is 33.0 Å². The van der Waals surface area contributed by atoms with Gasteiger partial charge < -0.3 is 20.4 Å². The first-order valence-electron chi connectivity index (χ1n) is 10.2. The molecule has 0 aromatic heterocycles. The second-order valence-electron chi connectivity index (χ2n) is 8.21. The zero-order valence-corrected chi connectivity index (χ0v) is 19.1. The van der Waals surface area contributed by atoms with Gasteiger partial charge in [0, 0.05) is 29.8 Å². The van der Waals surface area contributed by atoms with Gasteiger partial charge >= 0.3 is 6.18 Å². The van der Waals surface area contributed by atoms with Gasteiger partial charge in [-0.25, -0.2) is 0 Å². The minimum Gasteiger partial charge on any atom is -0.393 e. The summed E-state index contributed by atoms with van der Waals surface area (Å²) in [6.45, 7) is 3.96. The van der Waals surface area contributed by atoms with Gasteiger partial charge in [0.2, 0.25) is 5.91 Å². The van der Waals surface area contributed by atoms with E-state index in [1.807, 2.05) is 12.1 Å². The second-order valence-corrected chi connectivity index (χ2v) is 9.30. The molecule has 3 atom stereocenters. The highest BCUT2D eigenvalue weighted by atomic mass is 32.2. The average Bonchev–Trinajstić information content (AvgIpc) is 3.11. The van der Waals surface area contributed by atoms with E-state index < -0.39 is 29.8 Å². The summed E-state index contributed by atoms with van der Waals surface area (Å²) in [7, 11) is 0. The normalized spacial score (nSPS) is 18.4.